The fraction of sp³-hybridized carbons (Fsp3) is 0.0893. The van der Waals surface area contributed by atoms with Crippen LogP contribution in [-0.4, -0.2) is 16.7 Å². The van der Waals surface area contributed by atoms with E-state index in [1.807, 2.05) is 36.4 Å². The van der Waals surface area contributed by atoms with Crippen LogP contribution in [0.25, 0.3) is 44.8 Å². The Balaban J connectivity index is 1.07. The minimum absolute atomic E-state index is 0.00725. The molecule has 3 aliphatic rings. The highest BCUT2D eigenvalue weighted by atomic mass is 15.2. The lowest BCUT2D eigenvalue weighted by Gasteiger charge is -2.28. The molecular weight excluding hydrogens is 757 g/mol. The van der Waals surface area contributed by atoms with Gasteiger partial charge in [0.15, 0.2) is 5.84 Å². The quantitative estimate of drug-likeness (QED) is 0.136. The Labute approximate surface area is 363 Å². The van der Waals surface area contributed by atoms with Crippen molar-refractivity contribution in [2.24, 2.45) is 9.98 Å². The predicted molar refractivity (Wildman–Crippen MR) is 255 cm³/mol. The van der Waals surface area contributed by atoms with Crippen molar-refractivity contribution in [3.8, 4) is 44.8 Å². The lowest BCUT2D eigenvalue weighted by molar-refractivity contribution is 0.674. The van der Waals surface area contributed by atoms with E-state index in [2.05, 4.69) is 200 Å². The molecule has 4 heterocycles. The minimum Gasteiger partial charge on any atom is -0.378 e. The lowest BCUT2D eigenvalue weighted by Crippen LogP contribution is -2.33. The van der Waals surface area contributed by atoms with Gasteiger partial charge in [0.1, 0.15) is 12.0 Å². The zero-order valence-corrected chi connectivity index (χ0v) is 34.7. The summed E-state index contributed by atoms with van der Waals surface area (Å²) in [6, 6.07) is 59.6. The van der Waals surface area contributed by atoms with Gasteiger partial charge in [0.2, 0.25) is 0 Å². The Morgan fingerprint density at radius 3 is 1.55 bits per heavy atom. The minimum atomic E-state index is -0.274. The van der Waals surface area contributed by atoms with E-state index in [9.17, 15) is 0 Å². The number of aliphatic imine (C=N–C) groups is 2. The van der Waals surface area contributed by atoms with Crippen LogP contribution in [-0.2, 0) is 0 Å². The van der Waals surface area contributed by atoms with Gasteiger partial charge in [-0.2, -0.15) is 0 Å². The van der Waals surface area contributed by atoms with Gasteiger partial charge in [0.25, 0.3) is 0 Å². The Morgan fingerprint density at radius 1 is 0.435 bits per heavy atom. The summed E-state index contributed by atoms with van der Waals surface area (Å²) >= 11 is 0. The predicted octanol–water partition coefficient (Wildman–Crippen LogP) is 12.5. The van der Waals surface area contributed by atoms with Crippen molar-refractivity contribution in [1.82, 2.24) is 20.9 Å². The summed E-state index contributed by atoms with van der Waals surface area (Å²) in [7, 11) is 0. The molecule has 10 rings (SSSR count). The van der Waals surface area contributed by atoms with E-state index in [1.54, 1.807) is 0 Å². The van der Waals surface area contributed by atoms with Crippen molar-refractivity contribution in [1.29, 1.82) is 0 Å². The topological polar surface area (TPSA) is 73.7 Å². The van der Waals surface area contributed by atoms with Gasteiger partial charge in [-0.3, -0.25) is 0 Å². The van der Waals surface area contributed by atoms with E-state index in [0.717, 1.165) is 73.1 Å². The van der Waals surface area contributed by atoms with Crippen LogP contribution >= 0.6 is 0 Å². The summed E-state index contributed by atoms with van der Waals surface area (Å²) in [6.07, 6.45) is 12.8. The molecule has 3 atom stereocenters. The zero-order chi connectivity index (χ0) is 41.8. The molecule has 1 aromatic heterocycles. The molecule has 0 bridgehead atoms. The number of dihydropyridines is 2. The van der Waals surface area contributed by atoms with Gasteiger partial charge in [0, 0.05) is 33.6 Å². The third kappa shape index (κ3) is 8.06. The maximum Gasteiger partial charge on any atom is 0.159 e. The van der Waals surface area contributed by atoms with E-state index in [-0.39, 0.29) is 18.2 Å². The maximum absolute atomic E-state index is 5.39. The molecule has 7 aromatic rings. The second-order valence-electron chi connectivity index (χ2n) is 15.9. The number of allylic oxidation sites excluding steroid dienone is 6. The molecule has 3 aliphatic heterocycles. The van der Waals surface area contributed by atoms with Gasteiger partial charge in [-0.05, 0) is 89.2 Å². The molecule has 0 amide bonds. The van der Waals surface area contributed by atoms with Crippen LogP contribution in [0.3, 0.4) is 0 Å². The number of amidine groups is 2. The zero-order valence-electron chi connectivity index (χ0n) is 34.7. The van der Waals surface area contributed by atoms with Gasteiger partial charge >= 0.3 is 0 Å². The van der Waals surface area contributed by atoms with Gasteiger partial charge in [-0.25, -0.2) is 15.0 Å². The highest BCUT2D eigenvalue weighted by Crippen LogP contribution is 2.41. The molecule has 0 aliphatic carbocycles. The number of hydrogen-bond donors (Lipinski definition) is 3. The smallest absolute Gasteiger partial charge is 0.159 e. The third-order valence-electron chi connectivity index (χ3n) is 11.6. The molecule has 6 heteroatoms. The monoisotopic (exact) mass is 802 g/mol. The Hall–Kier alpha value is -7.83. The first-order chi connectivity index (χ1) is 30.5. The maximum atomic E-state index is 5.39. The van der Waals surface area contributed by atoms with Gasteiger partial charge in [0.05, 0.1) is 23.5 Å². The number of rotatable bonds is 9. The van der Waals surface area contributed by atoms with Crippen molar-refractivity contribution >= 4 is 11.7 Å². The van der Waals surface area contributed by atoms with Crippen molar-refractivity contribution in [2.45, 2.75) is 32.1 Å². The van der Waals surface area contributed by atoms with Crippen LogP contribution in [0.2, 0.25) is 0 Å². The van der Waals surface area contributed by atoms with Crippen LogP contribution in [0.4, 0.5) is 0 Å². The molecule has 3 N–H and O–H groups in total. The van der Waals surface area contributed by atoms with Crippen LogP contribution in [0.1, 0.15) is 59.9 Å². The number of pyridine rings is 1. The van der Waals surface area contributed by atoms with Crippen molar-refractivity contribution in [3.05, 3.63) is 246 Å². The van der Waals surface area contributed by atoms with E-state index in [0.29, 0.717) is 5.84 Å². The molecule has 3 unspecified atom stereocenters. The third-order valence-corrected chi connectivity index (χ3v) is 11.6. The molecular formula is C56H46N6. The van der Waals surface area contributed by atoms with Gasteiger partial charge in [-0.15, -0.1) is 0 Å². The summed E-state index contributed by atoms with van der Waals surface area (Å²) in [6.45, 7) is 4.24. The van der Waals surface area contributed by atoms with E-state index in [1.165, 1.54) is 16.7 Å². The molecule has 62 heavy (non-hydrogen) atoms. The molecule has 0 fully saturated rings. The lowest BCUT2D eigenvalue weighted by atomic mass is 9.85. The van der Waals surface area contributed by atoms with Crippen LogP contribution in [0.15, 0.2) is 228 Å². The van der Waals surface area contributed by atoms with Crippen LogP contribution < -0.4 is 16.0 Å². The van der Waals surface area contributed by atoms with Crippen LogP contribution in [0.5, 0.6) is 0 Å². The van der Waals surface area contributed by atoms with Crippen LogP contribution in [0, 0.1) is 0 Å². The van der Waals surface area contributed by atoms with Gasteiger partial charge in [-0.1, -0.05) is 170 Å². The van der Waals surface area contributed by atoms with Crippen molar-refractivity contribution in [3.63, 3.8) is 0 Å². The molecule has 0 spiro atoms. The summed E-state index contributed by atoms with van der Waals surface area (Å²) in [4.78, 5) is 15.5. The second-order valence-corrected chi connectivity index (χ2v) is 15.9. The Kier molecular flexibility index (Phi) is 10.5. The average Bonchev–Trinajstić information content (AvgIpc) is 3.34. The summed E-state index contributed by atoms with van der Waals surface area (Å²) in [5, 5.41) is 11.1. The molecule has 6 nitrogen and oxygen atoms in total. The van der Waals surface area contributed by atoms with Gasteiger partial charge < -0.3 is 16.0 Å². The fourth-order valence-corrected chi connectivity index (χ4v) is 8.51. The summed E-state index contributed by atoms with van der Waals surface area (Å²) < 4.78 is 0. The molecule has 0 saturated heterocycles. The SMILES string of the molecule is CC1=CC=CC(c2cccc(C3C=CC=C(C)N3)c2-c2cc(-c3ccccc3)nc(-c3cccc(-c4cccc(C5=NC(c6ccccc6)=NC(c6ccccc6)N5)c4)c3)c2)N1. The number of benzene rings is 6. The largest absolute Gasteiger partial charge is 0.378 e. The second kappa shape index (κ2) is 17.0. The Bertz CT molecular complexity index is 2910. The fourth-order valence-electron chi connectivity index (χ4n) is 8.51. The molecule has 0 radical (unpaired) electrons. The van der Waals surface area contributed by atoms with Crippen molar-refractivity contribution in [2.75, 3.05) is 0 Å². The van der Waals surface area contributed by atoms with Crippen molar-refractivity contribution < 1.29 is 0 Å². The molecule has 300 valence electrons. The molecule has 6 aromatic carbocycles. The highest BCUT2D eigenvalue weighted by molar-refractivity contribution is 6.13. The standard InChI is InChI=1S/C56H46N6/c1-37-17-12-31-49(57-37)47-29-16-30-48(50-32-13-18-38(2)58-50)53(47)46-35-51(39-19-6-3-7-20-39)59-52(36-46)44-27-14-25-42(33-44)43-26-15-28-45(34-43)56-61-54(40-21-8-4-9-22-40)60-55(62-56)41-23-10-5-11-24-41/h3-36,49-50,54,57-58H,1-2H3,(H,60,61,62). The van der Waals surface area contributed by atoms with E-state index in [4.69, 9.17) is 15.0 Å². The highest BCUT2D eigenvalue weighted by Gasteiger charge is 2.25. The summed E-state index contributed by atoms with van der Waals surface area (Å²) in [5.74, 6) is 1.48. The first kappa shape index (κ1) is 38.4. The average molecular weight is 803 g/mol. The van der Waals surface area contributed by atoms with E-state index >= 15 is 0 Å². The summed E-state index contributed by atoms with van der Waals surface area (Å²) in [5.41, 5.74) is 16.1. The molecule has 0 saturated carbocycles. The number of nitrogens with zero attached hydrogens (tertiary/aromatic N) is 3. The number of nitrogens with one attached hydrogen (secondary N) is 3. The Morgan fingerprint density at radius 2 is 0.935 bits per heavy atom. The first-order valence-corrected chi connectivity index (χ1v) is 21.2. The first-order valence-electron chi connectivity index (χ1n) is 21.2. The number of aromatic nitrogens is 1. The number of hydrogen-bond acceptors (Lipinski definition) is 6. The normalized spacial score (nSPS) is 18.0. The van der Waals surface area contributed by atoms with E-state index < -0.39 is 0 Å².